The second-order valence-electron chi connectivity index (χ2n) is 4.56. The van der Waals surface area contributed by atoms with E-state index >= 15 is 0 Å². The van der Waals surface area contributed by atoms with E-state index < -0.39 is 18.7 Å². The summed E-state index contributed by atoms with van der Waals surface area (Å²) in [4.78, 5) is 25.6. The van der Waals surface area contributed by atoms with Crippen LogP contribution in [0.3, 0.4) is 0 Å². The van der Waals surface area contributed by atoms with Gasteiger partial charge in [0.2, 0.25) is 5.96 Å². The lowest BCUT2D eigenvalue weighted by atomic mass is 10.4. The summed E-state index contributed by atoms with van der Waals surface area (Å²) in [6.07, 6.45) is 0. The molecular formula is C12H28N6O7. The van der Waals surface area contributed by atoms with Gasteiger partial charge in [0.15, 0.2) is 0 Å². The van der Waals surface area contributed by atoms with Crippen molar-refractivity contribution in [3.05, 3.63) is 0 Å². The molecule has 3 N–H and O–H groups in total. The van der Waals surface area contributed by atoms with Crippen molar-refractivity contribution >= 4 is 5.96 Å². The van der Waals surface area contributed by atoms with Gasteiger partial charge >= 0.3 is 11.9 Å². The third kappa shape index (κ3) is 3.19. The van der Waals surface area contributed by atoms with Gasteiger partial charge in [0.25, 0.3) is 0 Å². The molecule has 13 nitrogen and oxygen atoms in total. The van der Waals surface area contributed by atoms with Crippen LogP contribution in [0.25, 0.3) is 0 Å². The van der Waals surface area contributed by atoms with Crippen LogP contribution in [0.2, 0.25) is 0 Å². The Morgan fingerprint density at radius 1 is 1.04 bits per heavy atom. The fourth-order valence-corrected chi connectivity index (χ4v) is 2.69. The predicted molar refractivity (Wildman–Crippen MR) is 84.1 cm³/mol. The number of aliphatic hydroxyl groups excluding tert-OH is 1. The first-order chi connectivity index (χ1) is 11.9. The molecule has 2 atom stereocenters. The minimum Gasteiger partial charge on any atom is -0.379 e. The molecule has 1 aliphatic rings. The lowest BCUT2D eigenvalue weighted by molar-refractivity contribution is -0.559. The Kier molecular flexibility index (Phi) is 7.88. The van der Waals surface area contributed by atoms with Gasteiger partial charge in [-0.3, -0.25) is 19.4 Å². The quantitative estimate of drug-likeness (QED) is 0.335. The summed E-state index contributed by atoms with van der Waals surface area (Å²) in [6, 6.07) is 0. The minimum absolute atomic E-state index is 0.148. The van der Waals surface area contributed by atoms with Crippen molar-refractivity contribution < 1.29 is 33.9 Å². The standard InChI is InChI=1S/C12H28N6O7/c1-8-15(22-4)12(21-3)17(24-6)10(13)14-11(20-2,18(12)25-7)16(9-19)23-5/h19H,8-9H2,1-7H3,(H2,13,14). The first-order valence-corrected chi connectivity index (χ1v) is 7.32. The second kappa shape index (κ2) is 9.00. The van der Waals surface area contributed by atoms with Crippen LogP contribution in [-0.4, -0.2) is 99.2 Å². The number of nitrogens with zero attached hydrogens (tertiary/aromatic N) is 5. The Balaban J connectivity index is 3.76. The summed E-state index contributed by atoms with van der Waals surface area (Å²) in [6.45, 7) is 1.53. The molecule has 1 rings (SSSR count). The predicted octanol–water partition coefficient (Wildman–Crippen LogP) is -1.75. The molecule has 0 aliphatic carbocycles. The molecule has 0 aromatic heterocycles. The maximum atomic E-state index is 9.69. The Labute approximate surface area is 146 Å². The monoisotopic (exact) mass is 368 g/mol. The van der Waals surface area contributed by atoms with Crippen LogP contribution in [0.1, 0.15) is 6.92 Å². The van der Waals surface area contributed by atoms with Gasteiger partial charge in [0.1, 0.15) is 6.73 Å². The van der Waals surface area contributed by atoms with Crippen molar-refractivity contribution in [1.82, 2.24) is 20.3 Å². The highest BCUT2D eigenvalue weighted by Crippen LogP contribution is 2.40. The fourth-order valence-electron chi connectivity index (χ4n) is 2.69. The van der Waals surface area contributed by atoms with Crippen molar-refractivity contribution in [2.45, 2.75) is 18.9 Å². The topological polar surface area (TPSA) is 127 Å². The lowest BCUT2D eigenvalue weighted by Crippen LogP contribution is -2.82. The molecular weight excluding hydrogens is 340 g/mol. The molecule has 0 radical (unpaired) electrons. The van der Waals surface area contributed by atoms with E-state index in [1.165, 1.54) is 47.7 Å². The summed E-state index contributed by atoms with van der Waals surface area (Å²) in [5, 5.41) is 14.3. The van der Waals surface area contributed by atoms with Gasteiger partial charge in [-0.2, -0.15) is 10.1 Å². The zero-order valence-electron chi connectivity index (χ0n) is 15.6. The lowest BCUT2D eigenvalue weighted by Gasteiger charge is -2.57. The van der Waals surface area contributed by atoms with E-state index in [0.29, 0.717) is 6.54 Å². The molecule has 148 valence electrons. The van der Waals surface area contributed by atoms with Gasteiger partial charge in [-0.15, -0.1) is 5.06 Å². The van der Waals surface area contributed by atoms with Crippen molar-refractivity contribution in [1.29, 1.82) is 0 Å². The highest BCUT2D eigenvalue weighted by atomic mass is 16.9. The van der Waals surface area contributed by atoms with Crippen LogP contribution < -0.4 is 5.73 Å². The van der Waals surface area contributed by atoms with Crippen LogP contribution >= 0.6 is 0 Å². The molecule has 1 heterocycles. The number of guanidine groups is 1. The summed E-state index contributed by atoms with van der Waals surface area (Å²) >= 11 is 0. The Hall–Kier alpha value is -1.13. The van der Waals surface area contributed by atoms with E-state index in [1.54, 1.807) is 0 Å². The molecule has 2 unspecified atom stereocenters. The molecule has 25 heavy (non-hydrogen) atoms. The molecule has 0 saturated heterocycles. The number of rotatable bonds is 10. The number of hydrogen-bond acceptors (Lipinski definition) is 13. The van der Waals surface area contributed by atoms with E-state index in [9.17, 15) is 5.11 Å². The first-order valence-electron chi connectivity index (χ1n) is 7.32. The van der Waals surface area contributed by atoms with E-state index in [1.807, 2.05) is 6.92 Å². The third-order valence-corrected chi connectivity index (χ3v) is 3.68. The van der Waals surface area contributed by atoms with Crippen molar-refractivity contribution in [2.24, 2.45) is 10.7 Å². The van der Waals surface area contributed by atoms with E-state index in [0.717, 1.165) is 15.2 Å². The van der Waals surface area contributed by atoms with Gasteiger partial charge in [-0.25, -0.2) is 0 Å². The number of ether oxygens (including phenoxy) is 2. The Bertz CT molecular complexity index is 450. The molecule has 0 amide bonds. The van der Waals surface area contributed by atoms with Gasteiger partial charge < -0.3 is 20.3 Å². The second-order valence-corrected chi connectivity index (χ2v) is 4.56. The zero-order chi connectivity index (χ0) is 19.3. The average molecular weight is 368 g/mol. The largest absolute Gasteiger partial charge is 0.379 e. The molecule has 0 saturated carbocycles. The molecule has 0 bridgehead atoms. The highest BCUT2D eigenvalue weighted by Gasteiger charge is 2.66. The smallest absolute Gasteiger partial charge is 0.340 e. The van der Waals surface area contributed by atoms with E-state index in [-0.39, 0.29) is 5.96 Å². The van der Waals surface area contributed by atoms with Crippen LogP contribution in [-0.2, 0) is 28.8 Å². The van der Waals surface area contributed by atoms with E-state index in [4.69, 9.17) is 34.6 Å². The summed E-state index contributed by atoms with van der Waals surface area (Å²) in [5.41, 5.74) is 6.07. The van der Waals surface area contributed by atoms with Gasteiger partial charge in [-0.05, 0) is 6.92 Å². The van der Waals surface area contributed by atoms with Crippen molar-refractivity contribution in [3.63, 3.8) is 0 Å². The molecule has 1 aliphatic heterocycles. The Morgan fingerprint density at radius 3 is 1.96 bits per heavy atom. The average Bonchev–Trinajstić information content (AvgIpc) is 2.63. The van der Waals surface area contributed by atoms with E-state index in [2.05, 4.69) is 4.99 Å². The van der Waals surface area contributed by atoms with Crippen LogP contribution in [0, 0.1) is 0 Å². The summed E-state index contributed by atoms with van der Waals surface area (Å²) < 4.78 is 11.2. The third-order valence-electron chi connectivity index (χ3n) is 3.68. The molecule has 0 spiro atoms. The van der Waals surface area contributed by atoms with Crippen molar-refractivity contribution in [3.8, 4) is 0 Å². The normalized spacial score (nSPS) is 28.1. The SMILES string of the molecule is CCN(OC)C1(OC)N(OC)C(N)=NC(OC)(N(CO)OC)N1OC. The molecule has 0 aromatic rings. The number of hydroxylamine groups is 8. The fraction of sp³-hybridized carbons (Fsp3) is 0.917. The number of hydrogen-bond donors (Lipinski definition) is 2. The molecule has 13 heteroatoms. The maximum absolute atomic E-state index is 9.69. The maximum Gasteiger partial charge on any atom is 0.340 e. The van der Waals surface area contributed by atoms with Crippen molar-refractivity contribution in [2.75, 3.05) is 55.9 Å². The number of nitrogens with two attached hydrogens (primary N) is 1. The highest BCUT2D eigenvalue weighted by molar-refractivity contribution is 5.78. The minimum atomic E-state index is -1.86. The number of aliphatic imine (C=N–C) groups is 1. The molecule has 0 fully saturated rings. The number of methoxy groups -OCH3 is 2. The molecule has 0 aromatic carbocycles. The first kappa shape index (κ1) is 21.9. The van der Waals surface area contributed by atoms with Crippen LogP contribution in [0.4, 0.5) is 0 Å². The summed E-state index contributed by atoms with van der Waals surface area (Å²) in [5.74, 6) is -3.73. The van der Waals surface area contributed by atoms with Gasteiger partial charge in [0.05, 0.1) is 28.4 Å². The summed E-state index contributed by atoms with van der Waals surface area (Å²) in [7, 11) is 8.18. The zero-order valence-corrected chi connectivity index (χ0v) is 15.6. The van der Waals surface area contributed by atoms with Gasteiger partial charge in [0, 0.05) is 20.8 Å². The number of aliphatic hydroxyl groups is 1. The Morgan fingerprint density at radius 2 is 1.64 bits per heavy atom. The van der Waals surface area contributed by atoms with Crippen LogP contribution in [0.5, 0.6) is 0 Å². The van der Waals surface area contributed by atoms with Crippen LogP contribution in [0.15, 0.2) is 4.99 Å². The van der Waals surface area contributed by atoms with Gasteiger partial charge in [-0.1, -0.05) is 10.1 Å².